The summed E-state index contributed by atoms with van der Waals surface area (Å²) in [7, 11) is 0. The molecule has 2 heterocycles. The molecular weight excluding hydrogens is 322 g/mol. The average molecular weight is 335 g/mol. The van der Waals surface area contributed by atoms with Gasteiger partial charge in [0.15, 0.2) is 5.82 Å². The van der Waals surface area contributed by atoms with Gasteiger partial charge < -0.3 is 10.1 Å². The molecule has 0 unspecified atom stereocenters. The Labute approximate surface area is 141 Å². The second-order valence-electron chi connectivity index (χ2n) is 5.27. The number of aromatic nitrogens is 4. The Hall–Kier alpha value is -3.68. The van der Waals surface area contributed by atoms with Gasteiger partial charge in [0.25, 0.3) is 5.56 Å². The van der Waals surface area contributed by atoms with Crippen molar-refractivity contribution >= 4 is 22.8 Å². The summed E-state index contributed by atoms with van der Waals surface area (Å²) in [6.07, 6.45) is 0. The number of ether oxygens (including phenoxy) is 1. The summed E-state index contributed by atoms with van der Waals surface area (Å²) in [5.41, 5.74) is 1.81. The molecule has 0 radical (unpaired) electrons. The molecule has 25 heavy (non-hydrogen) atoms. The zero-order chi connectivity index (χ0) is 17.1. The molecular formula is C17H13N5O3. The molecule has 0 aliphatic carbocycles. The molecule has 8 heteroatoms. The lowest BCUT2D eigenvalue weighted by molar-refractivity contribution is 0.306. The Morgan fingerprint density at radius 2 is 1.84 bits per heavy atom. The van der Waals surface area contributed by atoms with Gasteiger partial charge in [0, 0.05) is 5.69 Å². The molecule has 4 aromatic rings. The van der Waals surface area contributed by atoms with E-state index in [1.54, 1.807) is 12.1 Å². The monoisotopic (exact) mass is 335 g/mol. The summed E-state index contributed by atoms with van der Waals surface area (Å²) in [6, 6.07) is 17.1. The van der Waals surface area contributed by atoms with E-state index in [9.17, 15) is 4.79 Å². The summed E-state index contributed by atoms with van der Waals surface area (Å²) < 4.78 is 10.3. The van der Waals surface area contributed by atoms with Crippen LogP contribution in [0.1, 0.15) is 5.56 Å². The van der Waals surface area contributed by atoms with Crippen molar-refractivity contribution in [1.82, 2.24) is 20.3 Å². The number of nitrogens with one attached hydrogen (secondary N) is 2. The van der Waals surface area contributed by atoms with Crippen LogP contribution in [0, 0.1) is 0 Å². The van der Waals surface area contributed by atoms with Crippen molar-refractivity contribution in [3.05, 3.63) is 70.5 Å². The quantitative estimate of drug-likeness (QED) is 0.577. The van der Waals surface area contributed by atoms with E-state index >= 15 is 0 Å². The van der Waals surface area contributed by atoms with E-state index in [-0.39, 0.29) is 17.1 Å². The Balaban J connectivity index is 1.46. The van der Waals surface area contributed by atoms with Gasteiger partial charge in [-0.15, -0.1) is 0 Å². The SMILES string of the molecule is O=c1[nH]c2nonc2nc1Nc1ccc(OCc2ccccc2)cc1. The summed E-state index contributed by atoms with van der Waals surface area (Å²) >= 11 is 0. The van der Waals surface area contributed by atoms with Crippen LogP contribution in [0.15, 0.2) is 64.0 Å². The van der Waals surface area contributed by atoms with E-state index in [4.69, 9.17) is 4.74 Å². The molecule has 2 aromatic heterocycles. The van der Waals surface area contributed by atoms with Crippen LogP contribution >= 0.6 is 0 Å². The number of nitrogens with zero attached hydrogens (tertiary/aromatic N) is 3. The summed E-state index contributed by atoms with van der Waals surface area (Å²) in [5.74, 6) is 0.841. The predicted octanol–water partition coefficient (Wildman–Crippen LogP) is 2.63. The van der Waals surface area contributed by atoms with Crippen molar-refractivity contribution in [3.63, 3.8) is 0 Å². The number of H-pyrrole nitrogens is 1. The summed E-state index contributed by atoms with van der Waals surface area (Å²) in [5, 5.41) is 10.1. The Morgan fingerprint density at radius 3 is 2.64 bits per heavy atom. The largest absolute Gasteiger partial charge is 0.489 e. The fourth-order valence-electron chi connectivity index (χ4n) is 2.26. The number of hydrogen-bond donors (Lipinski definition) is 2. The second kappa shape index (κ2) is 6.44. The number of aromatic amines is 1. The fraction of sp³-hybridized carbons (Fsp3) is 0.0588. The van der Waals surface area contributed by atoms with Crippen LogP contribution in [-0.2, 0) is 6.61 Å². The van der Waals surface area contributed by atoms with Crippen LogP contribution in [0.25, 0.3) is 11.3 Å². The van der Waals surface area contributed by atoms with E-state index in [1.165, 1.54) is 0 Å². The second-order valence-corrected chi connectivity index (χ2v) is 5.27. The van der Waals surface area contributed by atoms with Gasteiger partial charge in [-0.05, 0) is 40.1 Å². The van der Waals surface area contributed by atoms with Crippen LogP contribution in [0.3, 0.4) is 0 Å². The van der Waals surface area contributed by atoms with Crippen LogP contribution in [0.4, 0.5) is 11.5 Å². The topological polar surface area (TPSA) is 106 Å². The molecule has 0 amide bonds. The number of fused-ring (bicyclic) bond motifs is 1. The maximum Gasteiger partial charge on any atom is 0.292 e. The number of benzene rings is 2. The minimum atomic E-state index is -0.410. The maximum absolute atomic E-state index is 11.9. The minimum Gasteiger partial charge on any atom is -0.489 e. The number of anilines is 2. The van der Waals surface area contributed by atoms with E-state index in [0.29, 0.717) is 12.3 Å². The highest BCUT2D eigenvalue weighted by Crippen LogP contribution is 2.19. The predicted molar refractivity (Wildman–Crippen MR) is 90.7 cm³/mol. The number of hydrogen-bond acceptors (Lipinski definition) is 7. The average Bonchev–Trinajstić information content (AvgIpc) is 3.09. The van der Waals surface area contributed by atoms with Crippen LogP contribution in [0.2, 0.25) is 0 Å². The highest BCUT2D eigenvalue weighted by atomic mass is 16.6. The number of rotatable bonds is 5. The van der Waals surface area contributed by atoms with Crippen LogP contribution in [0.5, 0.6) is 5.75 Å². The Kier molecular flexibility index (Phi) is 3.83. The third kappa shape index (κ3) is 3.32. The molecule has 2 N–H and O–H groups in total. The van der Waals surface area contributed by atoms with Crippen molar-refractivity contribution in [1.29, 1.82) is 0 Å². The molecule has 8 nitrogen and oxygen atoms in total. The van der Waals surface area contributed by atoms with E-state index in [2.05, 4.69) is 30.2 Å². The van der Waals surface area contributed by atoms with Crippen LogP contribution < -0.4 is 15.6 Å². The molecule has 2 aromatic carbocycles. The third-order valence-corrected chi connectivity index (χ3v) is 3.50. The Morgan fingerprint density at radius 1 is 1.04 bits per heavy atom. The zero-order valence-corrected chi connectivity index (χ0v) is 13.0. The molecule has 0 aliphatic heterocycles. The maximum atomic E-state index is 11.9. The van der Waals surface area contributed by atoms with E-state index in [1.807, 2.05) is 42.5 Å². The van der Waals surface area contributed by atoms with Gasteiger partial charge in [-0.1, -0.05) is 30.3 Å². The minimum absolute atomic E-state index is 0.112. The first kappa shape index (κ1) is 14.9. The van der Waals surface area contributed by atoms with Gasteiger partial charge in [-0.25, -0.2) is 4.63 Å². The lowest BCUT2D eigenvalue weighted by Gasteiger charge is -2.08. The summed E-state index contributed by atoms with van der Waals surface area (Å²) in [6.45, 7) is 0.491. The van der Waals surface area contributed by atoms with Crippen molar-refractivity contribution < 1.29 is 9.37 Å². The fourth-order valence-corrected chi connectivity index (χ4v) is 2.26. The molecule has 0 saturated heterocycles. The lowest BCUT2D eigenvalue weighted by atomic mass is 10.2. The van der Waals surface area contributed by atoms with Gasteiger partial charge in [-0.3, -0.25) is 9.78 Å². The molecule has 4 rings (SSSR count). The molecule has 0 saturated carbocycles. The van der Waals surface area contributed by atoms with Gasteiger partial charge >= 0.3 is 0 Å². The van der Waals surface area contributed by atoms with Gasteiger partial charge in [0.05, 0.1) is 0 Å². The first-order chi connectivity index (χ1) is 12.3. The summed E-state index contributed by atoms with van der Waals surface area (Å²) in [4.78, 5) is 18.6. The normalized spacial score (nSPS) is 10.7. The standard InChI is InChI=1S/C17H13N5O3/c23-17-16(19-14-15(20-17)22-25-21-14)18-12-6-8-13(9-7-12)24-10-11-4-2-1-3-5-11/h1-9H,10H2,(H,18,19,21)(H,20,22,23). The van der Waals surface area contributed by atoms with Crippen molar-refractivity contribution in [2.45, 2.75) is 6.61 Å². The Bertz CT molecular complexity index is 1040. The van der Waals surface area contributed by atoms with Crippen molar-refractivity contribution in [3.8, 4) is 5.75 Å². The third-order valence-electron chi connectivity index (χ3n) is 3.50. The molecule has 0 bridgehead atoms. The molecule has 0 aliphatic rings. The molecule has 0 spiro atoms. The first-order valence-corrected chi connectivity index (χ1v) is 7.54. The van der Waals surface area contributed by atoms with Crippen LogP contribution in [-0.4, -0.2) is 20.3 Å². The van der Waals surface area contributed by atoms with E-state index < -0.39 is 5.56 Å². The zero-order valence-electron chi connectivity index (χ0n) is 13.0. The highest BCUT2D eigenvalue weighted by molar-refractivity contribution is 5.67. The van der Waals surface area contributed by atoms with Gasteiger partial charge in [0.2, 0.25) is 11.3 Å². The molecule has 124 valence electrons. The van der Waals surface area contributed by atoms with Gasteiger partial charge in [0.1, 0.15) is 12.4 Å². The smallest absolute Gasteiger partial charge is 0.292 e. The molecule has 0 fully saturated rings. The highest BCUT2D eigenvalue weighted by Gasteiger charge is 2.09. The van der Waals surface area contributed by atoms with Gasteiger partial charge in [-0.2, -0.15) is 4.98 Å². The van der Waals surface area contributed by atoms with E-state index in [0.717, 1.165) is 11.3 Å². The molecule has 0 atom stereocenters. The first-order valence-electron chi connectivity index (χ1n) is 7.54. The van der Waals surface area contributed by atoms with Crippen molar-refractivity contribution in [2.24, 2.45) is 0 Å². The lowest BCUT2D eigenvalue weighted by Crippen LogP contribution is -2.13. The van der Waals surface area contributed by atoms with Crippen molar-refractivity contribution in [2.75, 3.05) is 5.32 Å².